The van der Waals surface area contributed by atoms with Crippen LogP contribution in [0.1, 0.15) is 62.5 Å². The maximum atomic E-state index is 13.4. The zero-order valence-electron chi connectivity index (χ0n) is 26.1. The van der Waals surface area contributed by atoms with Gasteiger partial charge in [-0.15, -0.1) is 6.42 Å². The lowest BCUT2D eigenvalue weighted by Gasteiger charge is -2.32. The van der Waals surface area contributed by atoms with Gasteiger partial charge < -0.3 is 26.4 Å². The Balaban J connectivity index is 1.44. The third kappa shape index (κ3) is 9.40. The van der Waals surface area contributed by atoms with Gasteiger partial charge in [0.05, 0.1) is 18.7 Å². The molecule has 1 aliphatic heterocycles. The topological polar surface area (TPSA) is 152 Å². The number of rotatable bonds is 15. The summed E-state index contributed by atoms with van der Waals surface area (Å²) >= 11 is 0. The Morgan fingerprint density at radius 3 is 2.76 bits per heavy atom. The minimum atomic E-state index is -0.678. The van der Waals surface area contributed by atoms with Gasteiger partial charge >= 0.3 is 0 Å². The number of anilines is 2. The first kappa shape index (κ1) is 33.2. The first-order chi connectivity index (χ1) is 21.8. The predicted octanol–water partition coefficient (Wildman–Crippen LogP) is 3.43. The van der Waals surface area contributed by atoms with Gasteiger partial charge in [-0.1, -0.05) is 31.2 Å². The number of carbonyl (C=O) groups excluding carboxylic acids is 3. The number of likely N-dealkylation sites (tertiary alicyclic amines) is 1. The number of benzene rings is 2. The molecule has 4 rings (SSSR count). The largest absolute Gasteiger partial charge is 0.496 e. The number of amides is 3. The molecule has 0 radical (unpaired) electrons. The Bertz CT molecular complexity index is 1540. The van der Waals surface area contributed by atoms with Gasteiger partial charge in [0.1, 0.15) is 23.9 Å². The van der Waals surface area contributed by atoms with Crippen LogP contribution in [-0.2, 0) is 20.8 Å². The number of carbonyl (C=O) groups is 3. The van der Waals surface area contributed by atoms with Gasteiger partial charge in [0.25, 0.3) is 0 Å². The van der Waals surface area contributed by atoms with Crippen molar-refractivity contribution in [2.75, 3.05) is 32.6 Å². The van der Waals surface area contributed by atoms with Crippen LogP contribution in [0.25, 0.3) is 10.9 Å². The first-order valence-corrected chi connectivity index (χ1v) is 15.5. The molecule has 1 aromatic heterocycles. The third-order valence-corrected chi connectivity index (χ3v) is 8.15. The van der Waals surface area contributed by atoms with Gasteiger partial charge in [-0.2, -0.15) is 0 Å². The zero-order chi connectivity index (χ0) is 32.2. The lowest BCUT2D eigenvalue weighted by atomic mass is 10.0. The van der Waals surface area contributed by atoms with Gasteiger partial charge in [-0.3, -0.25) is 19.3 Å². The van der Waals surface area contributed by atoms with Crippen LogP contribution in [0.5, 0.6) is 5.75 Å². The fraction of sp³-hybridized carbons (Fsp3) is 0.441. The van der Waals surface area contributed by atoms with Crippen LogP contribution in [0, 0.1) is 12.3 Å². The molecule has 45 heavy (non-hydrogen) atoms. The molecule has 0 spiro atoms. The van der Waals surface area contributed by atoms with Crippen LogP contribution in [0.2, 0.25) is 0 Å². The molecule has 3 amide bonds. The number of ether oxygens (including phenoxy) is 1. The van der Waals surface area contributed by atoms with Gasteiger partial charge in [0, 0.05) is 35.7 Å². The highest BCUT2D eigenvalue weighted by molar-refractivity contribution is 5.92. The van der Waals surface area contributed by atoms with Crippen molar-refractivity contribution in [1.29, 1.82) is 0 Å². The van der Waals surface area contributed by atoms with Crippen LogP contribution in [-0.4, -0.2) is 71.9 Å². The van der Waals surface area contributed by atoms with E-state index in [1.165, 1.54) is 6.33 Å². The van der Waals surface area contributed by atoms with E-state index in [0.717, 1.165) is 54.4 Å². The van der Waals surface area contributed by atoms with Gasteiger partial charge in [-0.05, 0) is 75.5 Å². The molecule has 1 saturated heterocycles. The quantitative estimate of drug-likeness (QED) is 0.150. The van der Waals surface area contributed by atoms with E-state index in [0.29, 0.717) is 55.7 Å². The smallest absolute Gasteiger partial charge is 0.242 e. The average molecular weight is 614 g/mol. The average Bonchev–Trinajstić information content (AvgIpc) is 3.04. The van der Waals surface area contributed by atoms with E-state index < -0.39 is 6.04 Å². The lowest BCUT2D eigenvalue weighted by Crippen LogP contribution is -2.54. The Kier molecular flexibility index (Phi) is 12.1. The van der Waals surface area contributed by atoms with Crippen LogP contribution < -0.4 is 26.4 Å². The maximum absolute atomic E-state index is 13.4. The summed E-state index contributed by atoms with van der Waals surface area (Å²) in [4.78, 5) is 48.6. The highest BCUT2D eigenvalue weighted by Crippen LogP contribution is 2.30. The number of primary amides is 1. The molecule has 1 fully saturated rings. The van der Waals surface area contributed by atoms with Crippen molar-refractivity contribution in [3.63, 3.8) is 0 Å². The summed E-state index contributed by atoms with van der Waals surface area (Å²) in [6.07, 6.45) is 13.2. The summed E-state index contributed by atoms with van der Waals surface area (Å²) in [7, 11) is 3.54. The molecule has 0 saturated carbocycles. The second kappa shape index (κ2) is 16.4. The van der Waals surface area contributed by atoms with Crippen molar-refractivity contribution in [3.8, 4) is 18.1 Å². The Hall–Kier alpha value is -4.69. The molecule has 2 atom stereocenters. The van der Waals surface area contributed by atoms with Gasteiger partial charge in [0.15, 0.2) is 0 Å². The van der Waals surface area contributed by atoms with Crippen molar-refractivity contribution in [2.24, 2.45) is 5.73 Å². The second-order valence-electron chi connectivity index (χ2n) is 11.4. The van der Waals surface area contributed by atoms with Crippen LogP contribution >= 0.6 is 0 Å². The fourth-order valence-electron chi connectivity index (χ4n) is 5.65. The van der Waals surface area contributed by atoms with Gasteiger partial charge in [0.2, 0.25) is 17.7 Å². The van der Waals surface area contributed by atoms with Gasteiger partial charge in [-0.25, -0.2) is 9.97 Å². The van der Waals surface area contributed by atoms with E-state index in [4.69, 9.17) is 16.9 Å². The van der Waals surface area contributed by atoms with E-state index >= 15 is 0 Å². The lowest BCUT2D eigenvalue weighted by molar-refractivity contribution is -0.132. The molecule has 11 heteroatoms. The number of unbranched alkanes of at least 4 members (excludes halogenated alkanes) is 2. The molecule has 5 N–H and O–H groups in total. The number of hydrogen-bond donors (Lipinski definition) is 4. The van der Waals surface area contributed by atoms with Crippen molar-refractivity contribution < 1.29 is 19.1 Å². The van der Waals surface area contributed by atoms with Crippen LogP contribution in [0.3, 0.4) is 0 Å². The number of hydrogen-bond acceptors (Lipinski definition) is 8. The predicted molar refractivity (Wildman–Crippen MR) is 175 cm³/mol. The number of nitrogens with one attached hydrogen (secondary N) is 3. The highest BCUT2D eigenvalue weighted by atomic mass is 16.5. The van der Waals surface area contributed by atoms with E-state index in [9.17, 15) is 14.4 Å². The fourth-order valence-corrected chi connectivity index (χ4v) is 5.65. The van der Waals surface area contributed by atoms with Crippen molar-refractivity contribution in [3.05, 3.63) is 53.9 Å². The number of terminal acetylenes is 1. The number of likely N-dealkylation sites (N-methyl/N-ethyl adjacent to an activating group) is 1. The van der Waals surface area contributed by atoms with Crippen molar-refractivity contribution in [2.45, 2.75) is 69.9 Å². The maximum Gasteiger partial charge on any atom is 0.242 e. The van der Waals surface area contributed by atoms with E-state index in [-0.39, 0.29) is 23.8 Å². The molecule has 2 heterocycles. The van der Waals surface area contributed by atoms with Crippen molar-refractivity contribution >= 4 is 40.1 Å². The summed E-state index contributed by atoms with van der Waals surface area (Å²) in [5.41, 5.74) is 8.39. The molecule has 0 bridgehead atoms. The summed E-state index contributed by atoms with van der Waals surface area (Å²) in [6, 6.07) is 10.4. The summed E-state index contributed by atoms with van der Waals surface area (Å²) in [5.74, 6) is 3.20. The normalized spacial score (nSPS) is 15.5. The summed E-state index contributed by atoms with van der Waals surface area (Å²) < 4.78 is 5.66. The SMILES string of the molecule is C#Cc1cccc(Nc2ncnc3cc(OC)c(CCNC(=O)[C@H](CCCCCC(N)=O)NC(=O)C4CCCCN4C)cc23)c1. The minimum absolute atomic E-state index is 0.126. The Morgan fingerprint density at radius 2 is 2.00 bits per heavy atom. The van der Waals surface area contributed by atoms with Crippen molar-refractivity contribution in [1.82, 2.24) is 25.5 Å². The number of aromatic nitrogens is 2. The number of nitrogens with two attached hydrogens (primary N) is 1. The summed E-state index contributed by atoms with van der Waals surface area (Å²) in [5, 5.41) is 10.1. The molecule has 2 aromatic carbocycles. The third-order valence-electron chi connectivity index (χ3n) is 8.15. The highest BCUT2D eigenvalue weighted by Gasteiger charge is 2.29. The van der Waals surface area contributed by atoms with Crippen LogP contribution in [0.4, 0.5) is 11.5 Å². The van der Waals surface area contributed by atoms with Crippen LogP contribution in [0.15, 0.2) is 42.7 Å². The van der Waals surface area contributed by atoms with E-state index in [1.807, 2.05) is 48.3 Å². The monoisotopic (exact) mass is 613 g/mol. The van der Waals surface area contributed by atoms with E-state index in [2.05, 4.69) is 31.8 Å². The number of fused-ring (bicyclic) bond motifs is 1. The molecular formula is C34H43N7O4. The molecule has 1 unspecified atom stereocenters. The molecule has 238 valence electrons. The summed E-state index contributed by atoms with van der Waals surface area (Å²) in [6.45, 7) is 1.19. The molecule has 0 aliphatic carbocycles. The number of nitrogens with zero attached hydrogens (tertiary/aromatic N) is 3. The first-order valence-electron chi connectivity index (χ1n) is 15.5. The standard InChI is InChI=1S/C34H43N7O4/c1-4-23-11-10-12-25(19-23)39-32-26-20-24(30(45-3)21-28(26)37-22-38-32)16-17-36-33(43)27(13-6-5-7-15-31(35)42)40-34(44)29-14-8-9-18-41(29)2/h1,10-12,19-22,27,29H,5-9,13-18H2,2-3H3,(H2,35,42)(H,36,43)(H,40,44)(H,37,38,39)/t27-,29?/m0/s1. The Labute approximate surface area is 264 Å². The molecule has 3 aromatic rings. The number of piperidine rings is 1. The number of methoxy groups -OCH3 is 1. The molecule has 1 aliphatic rings. The minimum Gasteiger partial charge on any atom is -0.496 e. The molecule has 11 nitrogen and oxygen atoms in total. The van der Waals surface area contributed by atoms with E-state index in [1.54, 1.807) is 7.11 Å². The zero-order valence-corrected chi connectivity index (χ0v) is 26.1. The molecular weight excluding hydrogens is 570 g/mol. The Morgan fingerprint density at radius 1 is 1.16 bits per heavy atom. The second-order valence-corrected chi connectivity index (χ2v) is 11.4.